The Hall–Kier alpha value is -2.11. The zero-order valence-corrected chi connectivity index (χ0v) is 13.5. The lowest BCUT2D eigenvalue weighted by Crippen LogP contribution is -2.14. The molecule has 0 aliphatic heterocycles. The quantitative estimate of drug-likeness (QED) is 0.739. The van der Waals surface area contributed by atoms with Crippen LogP contribution in [0.2, 0.25) is 10.0 Å². The van der Waals surface area contributed by atoms with Crippen LogP contribution in [0.25, 0.3) is 11.0 Å². The van der Waals surface area contributed by atoms with Crippen molar-refractivity contribution >= 4 is 45.9 Å². The molecule has 0 bridgehead atoms. The van der Waals surface area contributed by atoms with Gasteiger partial charge < -0.3 is 5.32 Å². The number of nitrogens with zero attached hydrogens (tertiary/aromatic N) is 2. The SMILES string of the molecule is O=c1[nH]c(Nc2ccc(Cl)cc2Cl)nc2ncc3c(c12)CCC3. The van der Waals surface area contributed by atoms with Gasteiger partial charge in [0.05, 0.1) is 16.1 Å². The minimum atomic E-state index is -0.186. The van der Waals surface area contributed by atoms with Crippen LogP contribution < -0.4 is 10.9 Å². The number of fused-ring (bicyclic) bond motifs is 3. The number of benzene rings is 1. The van der Waals surface area contributed by atoms with Gasteiger partial charge in [-0.25, -0.2) is 4.98 Å². The lowest BCUT2D eigenvalue weighted by atomic mass is 10.1. The van der Waals surface area contributed by atoms with Gasteiger partial charge in [-0.2, -0.15) is 4.98 Å². The molecule has 0 amide bonds. The first-order valence-corrected chi connectivity index (χ1v) is 8.00. The molecule has 0 saturated carbocycles. The van der Waals surface area contributed by atoms with Crippen molar-refractivity contribution in [1.82, 2.24) is 15.0 Å². The van der Waals surface area contributed by atoms with Gasteiger partial charge in [-0.3, -0.25) is 9.78 Å². The molecule has 0 saturated heterocycles. The second-order valence-corrected chi connectivity index (χ2v) is 6.32. The molecule has 1 aromatic carbocycles. The average Bonchev–Trinajstić information content (AvgIpc) is 2.98. The van der Waals surface area contributed by atoms with Gasteiger partial charge in [-0.1, -0.05) is 23.2 Å². The van der Waals surface area contributed by atoms with Crippen LogP contribution in [0.4, 0.5) is 11.6 Å². The van der Waals surface area contributed by atoms with Gasteiger partial charge in [-0.15, -0.1) is 0 Å². The minimum absolute atomic E-state index is 0.186. The molecule has 1 aliphatic rings. The summed E-state index contributed by atoms with van der Waals surface area (Å²) < 4.78 is 0. The predicted octanol–water partition coefficient (Wildman–Crippen LogP) is 3.86. The number of aromatic nitrogens is 3. The van der Waals surface area contributed by atoms with E-state index in [2.05, 4.69) is 20.3 Å². The molecule has 0 atom stereocenters. The fraction of sp³-hybridized carbons (Fsp3) is 0.188. The molecule has 0 fully saturated rings. The zero-order chi connectivity index (χ0) is 16.0. The van der Waals surface area contributed by atoms with Crippen LogP contribution in [-0.2, 0) is 12.8 Å². The Morgan fingerprint density at radius 2 is 2.09 bits per heavy atom. The number of nitrogens with one attached hydrogen (secondary N) is 2. The van der Waals surface area contributed by atoms with Crippen molar-refractivity contribution < 1.29 is 0 Å². The number of hydrogen-bond donors (Lipinski definition) is 2. The standard InChI is InChI=1S/C16H12Cl2N4O/c17-9-4-5-12(11(18)6-9)20-16-21-14-13(15(23)22-16)10-3-1-2-8(10)7-19-14/h4-7H,1-3H2,(H2,19,20,21,22,23). The Morgan fingerprint density at radius 1 is 1.22 bits per heavy atom. The predicted molar refractivity (Wildman–Crippen MR) is 91.9 cm³/mol. The highest BCUT2D eigenvalue weighted by Gasteiger charge is 2.18. The van der Waals surface area contributed by atoms with Crippen LogP contribution in [0.15, 0.2) is 29.2 Å². The number of H-pyrrole nitrogens is 1. The van der Waals surface area contributed by atoms with E-state index in [-0.39, 0.29) is 5.56 Å². The number of pyridine rings is 1. The van der Waals surface area contributed by atoms with Crippen LogP contribution >= 0.6 is 23.2 Å². The Kier molecular flexibility index (Phi) is 3.47. The topological polar surface area (TPSA) is 70.7 Å². The smallest absolute Gasteiger partial charge is 0.262 e. The van der Waals surface area contributed by atoms with E-state index in [0.29, 0.717) is 32.7 Å². The summed E-state index contributed by atoms with van der Waals surface area (Å²) in [6, 6.07) is 5.06. The highest BCUT2D eigenvalue weighted by molar-refractivity contribution is 6.36. The van der Waals surface area contributed by atoms with Crippen LogP contribution in [0.3, 0.4) is 0 Å². The molecule has 2 N–H and O–H groups in total. The number of aryl methyl sites for hydroxylation is 2. The summed E-state index contributed by atoms with van der Waals surface area (Å²) in [7, 11) is 0. The van der Waals surface area contributed by atoms with E-state index in [9.17, 15) is 4.79 Å². The lowest BCUT2D eigenvalue weighted by Gasteiger charge is -2.09. The third kappa shape index (κ3) is 2.56. The Balaban J connectivity index is 1.80. The van der Waals surface area contributed by atoms with Gasteiger partial charge in [0.15, 0.2) is 5.65 Å². The monoisotopic (exact) mass is 346 g/mol. The Bertz CT molecular complexity index is 984. The van der Waals surface area contributed by atoms with E-state index >= 15 is 0 Å². The van der Waals surface area contributed by atoms with Gasteiger partial charge in [0.1, 0.15) is 0 Å². The fourth-order valence-electron chi connectivity index (χ4n) is 2.94. The second-order valence-electron chi connectivity index (χ2n) is 5.48. The first kappa shape index (κ1) is 14.5. The van der Waals surface area contributed by atoms with E-state index < -0.39 is 0 Å². The molecule has 2 heterocycles. The summed E-state index contributed by atoms with van der Waals surface area (Å²) in [5.74, 6) is 0.303. The molecule has 0 spiro atoms. The molecule has 116 valence electrons. The molecule has 5 nitrogen and oxygen atoms in total. The van der Waals surface area contributed by atoms with Crippen LogP contribution in [-0.4, -0.2) is 15.0 Å². The number of aromatic amines is 1. The van der Waals surface area contributed by atoms with E-state index in [1.165, 1.54) is 0 Å². The molecule has 23 heavy (non-hydrogen) atoms. The Morgan fingerprint density at radius 3 is 2.91 bits per heavy atom. The number of halogens is 2. The van der Waals surface area contributed by atoms with E-state index in [1.807, 2.05) is 6.20 Å². The first-order valence-electron chi connectivity index (χ1n) is 7.24. The zero-order valence-electron chi connectivity index (χ0n) is 12.0. The summed E-state index contributed by atoms with van der Waals surface area (Å²) >= 11 is 12.0. The molecular formula is C16H12Cl2N4O. The van der Waals surface area contributed by atoms with E-state index in [1.54, 1.807) is 18.2 Å². The van der Waals surface area contributed by atoms with Crippen molar-refractivity contribution in [2.75, 3.05) is 5.32 Å². The van der Waals surface area contributed by atoms with Crippen molar-refractivity contribution in [3.63, 3.8) is 0 Å². The van der Waals surface area contributed by atoms with Crippen molar-refractivity contribution in [3.05, 3.63) is 55.9 Å². The van der Waals surface area contributed by atoms with Crippen molar-refractivity contribution in [2.45, 2.75) is 19.3 Å². The Labute approximate surface area is 141 Å². The number of anilines is 2. The van der Waals surface area contributed by atoms with Gasteiger partial charge in [0.25, 0.3) is 5.56 Å². The molecule has 4 rings (SSSR count). The maximum absolute atomic E-state index is 12.5. The maximum Gasteiger partial charge on any atom is 0.262 e. The van der Waals surface area contributed by atoms with Crippen molar-refractivity contribution in [2.24, 2.45) is 0 Å². The highest BCUT2D eigenvalue weighted by atomic mass is 35.5. The summed E-state index contributed by atoms with van der Waals surface area (Å²) in [6.45, 7) is 0. The minimum Gasteiger partial charge on any atom is -0.324 e. The largest absolute Gasteiger partial charge is 0.324 e. The molecule has 3 aromatic rings. The summed E-state index contributed by atoms with van der Waals surface area (Å²) in [5.41, 5.74) is 3.08. The first-order chi connectivity index (χ1) is 11.1. The van der Waals surface area contributed by atoms with Crippen molar-refractivity contribution in [1.29, 1.82) is 0 Å². The normalized spacial score (nSPS) is 13.3. The van der Waals surface area contributed by atoms with Gasteiger partial charge in [-0.05, 0) is 48.6 Å². The van der Waals surface area contributed by atoms with Gasteiger partial charge >= 0.3 is 0 Å². The number of rotatable bonds is 2. The third-order valence-corrected chi connectivity index (χ3v) is 4.54. The third-order valence-electron chi connectivity index (χ3n) is 3.99. The summed E-state index contributed by atoms with van der Waals surface area (Å²) in [6.07, 6.45) is 4.74. The average molecular weight is 347 g/mol. The molecular weight excluding hydrogens is 335 g/mol. The lowest BCUT2D eigenvalue weighted by molar-refractivity contribution is 0.912. The van der Waals surface area contributed by atoms with Crippen molar-refractivity contribution in [3.8, 4) is 0 Å². The van der Waals surface area contributed by atoms with Crippen LogP contribution in [0.5, 0.6) is 0 Å². The van der Waals surface area contributed by atoms with Crippen LogP contribution in [0, 0.1) is 0 Å². The van der Waals surface area contributed by atoms with E-state index in [0.717, 1.165) is 30.4 Å². The van der Waals surface area contributed by atoms with Crippen LogP contribution in [0.1, 0.15) is 17.5 Å². The molecule has 0 radical (unpaired) electrons. The van der Waals surface area contributed by atoms with Gasteiger partial charge in [0.2, 0.25) is 5.95 Å². The summed E-state index contributed by atoms with van der Waals surface area (Å²) in [5, 5.41) is 4.58. The molecule has 7 heteroatoms. The summed E-state index contributed by atoms with van der Waals surface area (Å²) in [4.78, 5) is 24.0. The molecule has 1 aliphatic carbocycles. The molecule has 2 aromatic heterocycles. The van der Waals surface area contributed by atoms with E-state index in [4.69, 9.17) is 23.2 Å². The van der Waals surface area contributed by atoms with Gasteiger partial charge in [0, 0.05) is 11.2 Å². The highest BCUT2D eigenvalue weighted by Crippen LogP contribution is 2.28. The maximum atomic E-state index is 12.5. The fourth-order valence-corrected chi connectivity index (χ4v) is 3.39. The second kappa shape index (κ2) is 5.51. The molecule has 0 unspecified atom stereocenters. The number of hydrogen-bond acceptors (Lipinski definition) is 4.